The van der Waals surface area contributed by atoms with Crippen molar-refractivity contribution in [2.24, 2.45) is 0 Å². The fourth-order valence-electron chi connectivity index (χ4n) is 1.61. The normalized spacial score (nSPS) is 9.71. The third-order valence-electron chi connectivity index (χ3n) is 2.61. The van der Waals surface area contributed by atoms with Gasteiger partial charge in [-0.15, -0.1) is 0 Å². The van der Waals surface area contributed by atoms with Gasteiger partial charge in [0.15, 0.2) is 6.29 Å². The minimum atomic E-state index is -0.620. The number of nitro benzene ring substituents is 1. The van der Waals surface area contributed by atoms with Crippen molar-refractivity contribution in [1.29, 1.82) is 5.26 Å². The van der Waals surface area contributed by atoms with Gasteiger partial charge in [-0.25, -0.2) is 0 Å². The van der Waals surface area contributed by atoms with Gasteiger partial charge in [-0.05, 0) is 46.3 Å². The van der Waals surface area contributed by atoms with Gasteiger partial charge in [-0.1, -0.05) is 0 Å². The molecule has 2 aromatic carbocycles. The quantitative estimate of drug-likeness (QED) is 0.476. The number of nitrogens with zero attached hydrogens (tertiary/aromatic N) is 2. The number of nitriles is 1. The number of nitro groups is 1. The molecule has 0 N–H and O–H groups in total. The maximum absolute atomic E-state index is 11.0. The van der Waals surface area contributed by atoms with Gasteiger partial charge < -0.3 is 4.74 Å². The summed E-state index contributed by atoms with van der Waals surface area (Å²) < 4.78 is 5.97. The van der Waals surface area contributed by atoms with Gasteiger partial charge in [0.1, 0.15) is 5.75 Å². The molecule has 0 unspecified atom stereocenters. The second kappa shape index (κ2) is 6.15. The summed E-state index contributed by atoms with van der Waals surface area (Å²) in [7, 11) is 0. The van der Waals surface area contributed by atoms with Crippen molar-refractivity contribution in [3.8, 4) is 17.6 Å². The van der Waals surface area contributed by atoms with Crippen LogP contribution in [0.5, 0.6) is 11.5 Å². The predicted molar refractivity (Wildman–Crippen MR) is 77.4 cm³/mol. The van der Waals surface area contributed by atoms with Crippen molar-refractivity contribution in [3.05, 3.63) is 62.1 Å². The minimum Gasteiger partial charge on any atom is -0.450 e. The highest BCUT2D eigenvalue weighted by Crippen LogP contribution is 2.33. The Balaban J connectivity index is 2.39. The molecule has 7 heteroatoms. The maximum Gasteiger partial charge on any atom is 0.312 e. The molecule has 0 fully saturated rings. The van der Waals surface area contributed by atoms with E-state index in [1.807, 2.05) is 6.07 Å². The number of hydrogen-bond donors (Lipinski definition) is 0. The molecule has 0 saturated heterocycles. The second-order valence-corrected chi connectivity index (χ2v) is 4.81. The van der Waals surface area contributed by atoms with Crippen LogP contribution in [0.3, 0.4) is 0 Å². The molecule has 104 valence electrons. The summed E-state index contributed by atoms with van der Waals surface area (Å²) in [6.07, 6.45) is 0.679. The van der Waals surface area contributed by atoms with Crippen LogP contribution >= 0.6 is 15.9 Å². The Bertz CT molecular complexity index is 768. The molecule has 2 rings (SSSR count). The van der Waals surface area contributed by atoms with Crippen LogP contribution < -0.4 is 4.74 Å². The van der Waals surface area contributed by atoms with Crippen molar-refractivity contribution in [2.45, 2.75) is 0 Å². The van der Waals surface area contributed by atoms with Gasteiger partial charge >= 0.3 is 5.69 Å². The molecule has 2 aromatic rings. The second-order valence-electron chi connectivity index (χ2n) is 3.95. The lowest BCUT2D eigenvalue weighted by Crippen LogP contribution is -1.95. The Morgan fingerprint density at radius 1 is 1.29 bits per heavy atom. The molecule has 0 amide bonds. The first kappa shape index (κ1) is 14.7. The van der Waals surface area contributed by atoms with Gasteiger partial charge in [-0.2, -0.15) is 5.26 Å². The van der Waals surface area contributed by atoms with E-state index in [4.69, 9.17) is 10.00 Å². The fraction of sp³-hybridized carbons (Fsp3) is 0. The first-order chi connectivity index (χ1) is 10.0. The van der Waals surface area contributed by atoms with Crippen LogP contribution in [0.25, 0.3) is 0 Å². The molecule has 0 bridgehead atoms. The highest BCUT2D eigenvalue weighted by atomic mass is 79.9. The lowest BCUT2D eigenvalue weighted by atomic mass is 10.2. The molecular formula is C14H7BrN2O4. The van der Waals surface area contributed by atoms with Crippen LogP contribution in [-0.4, -0.2) is 11.2 Å². The number of benzene rings is 2. The van der Waals surface area contributed by atoms with Crippen molar-refractivity contribution in [1.82, 2.24) is 0 Å². The van der Waals surface area contributed by atoms with E-state index in [1.165, 1.54) is 30.3 Å². The molecule has 0 aliphatic rings. The van der Waals surface area contributed by atoms with Crippen LogP contribution in [0.1, 0.15) is 15.9 Å². The van der Waals surface area contributed by atoms with Gasteiger partial charge in [0.05, 0.1) is 16.6 Å². The Hall–Kier alpha value is -2.72. The van der Waals surface area contributed by atoms with E-state index in [9.17, 15) is 14.9 Å². The number of carbonyl (C=O) groups is 1. The lowest BCUT2D eigenvalue weighted by Gasteiger charge is -2.07. The number of carbonyl (C=O) groups excluding carboxylic acids is 1. The first-order valence-electron chi connectivity index (χ1n) is 5.66. The number of aldehydes is 1. The van der Waals surface area contributed by atoms with Gasteiger partial charge in [0.25, 0.3) is 0 Å². The van der Waals surface area contributed by atoms with Gasteiger partial charge in [0.2, 0.25) is 5.75 Å². The Labute approximate surface area is 127 Å². The Morgan fingerprint density at radius 3 is 2.62 bits per heavy atom. The molecule has 0 atom stereocenters. The smallest absolute Gasteiger partial charge is 0.312 e. The SMILES string of the molecule is N#Cc1ccc(Oc2ccc(C=O)c(Br)c2)c([N+](=O)[O-])c1. The highest BCUT2D eigenvalue weighted by molar-refractivity contribution is 9.10. The summed E-state index contributed by atoms with van der Waals surface area (Å²) in [6.45, 7) is 0. The van der Waals surface area contributed by atoms with Crippen molar-refractivity contribution < 1.29 is 14.5 Å². The predicted octanol–water partition coefficient (Wildman–Crippen LogP) is 3.83. The number of rotatable bonds is 4. The van der Waals surface area contributed by atoms with E-state index in [1.54, 1.807) is 0 Å². The summed E-state index contributed by atoms with van der Waals surface area (Å²) in [5, 5.41) is 19.8. The molecular weight excluding hydrogens is 340 g/mol. The number of halogens is 1. The van der Waals surface area contributed by atoms with E-state index in [0.29, 0.717) is 22.1 Å². The summed E-state index contributed by atoms with van der Waals surface area (Å²) in [6, 6.07) is 10.3. The highest BCUT2D eigenvalue weighted by Gasteiger charge is 2.17. The molecule has 0 radical (unpaired) electrons. The van der Waals surface area contributed by atoms with E-state index in [-0.39, 0.29) is 17.0 Å². The monoisotopic (exact) mass is 346 g/mol. The molecule has 0 spiro atoms. The minimum absolute atomic E-state index is 0.0183. The zero-order chi connectivity index (χ0) is 15.4. The van der Waals surface area contributed by atoms with E-state index >= 15 is 0 Å². The van der Waals surface area contributed by atoms with Crippen LogP contribution in [-0.2, 0) is 0 Å². The van der Waals surface area contributed by atoms with Crippen LogP contribution in [0.15, 0.2) is 40.9 Å². The van der Waals surface area contributed by atoms with Crippen LogP contribution in [0, 0.1) is 21.4 Å². The molecule has 0 aromatic heterocycles. The zero-order valence-electron chi connectivity index (χ0n) is 10.4. The largest absolute Gasteiger partial charge is 0.450 e. The van der Waals surface area contributed by atoms with Crippen molar-refractivity contribution >= 4 is 27.9 Å². The molecule has 21 heavy (non-hydrogen) atoms. The van der Waals surface area contributed by atoms with Crippen molar-refractivity contribution in [3.63, 3.8) is 0 Å². The first-order valence-corrected chi connectivity index (χ1v) is 6.45. The van der Waals surface area contributed by atoms with Crippen LogP contribution in [0.2, 0.25) is 0 Å². The van der Waals surface area contributed by atoms with E-state index in [0.717, 1.165) is 6.07 Å². The number of hydrogen-bond acceptors (Lipinski definition) is 5. The average molecular weight is 347 g/mol. The average Bonchev–Trinajstić information content (AvgIpc) is 2.47. The molecule has 0 aliphatic heterocycles. The summed E-state index contributed by atoms with van der Waals surface area (Å²) in [4.78, 5) is 21.1. The summed E-state index contributed by atoms with van der Waals surface area (Å²) in [5.41, 5.74) is 0.313. The Kier molecular flexibility index (Phi) is 4.30. The van der Waals surface area contributed by atoms with Gasteiger partial charge in [0, 0.05) is 16.1 Å². The standard InChI is InChI=1S/C14H7BrN2O4/c15-12-6-11(3-2-10(12)8-18)21-14-4-1-9(7-16)5-13(14)17(19)20/h1-6,8H. The Morgan fingerprint density at radius 2 is 2.05 bits per heavy atom. The molecule has 0 saturated carbocycles. The van der Waals surface area contributed by atoms with Gasteiger partial charge in [-0.3, -0.25) is 14.9 Å². The summed E-state index contributed by atoms with van der Waals surface area (Å²) >= 11 is 3.20. The maximum atomic E-state index is 11.0. The van der Waals surface area contributed by atoms with Crippen molar-refractivity contribution in [2.75, 3.05) is 0 Å². The van der Waals surface area contributed by atoms with E-state index < -0.39 is 4.92 Å². The topological polar surface area (TPSA) is 93.2 Å². The fourth-order valence-corrected chi connectivity index (χ4v) is 2.06. The van der Waals surface area contributed by atoms with E-state index in [2.05, 4.69) is 15.9 Å². The van der Waals surface area contributed by atoms with Crippen LogP contribution in [0.4, 0.5) is 5.69 Å². The summed E-state index contributed by atoms with van der Waals surface area (Å²) in [5.74, 6) is 0.352. The third kappa shape index (κ3) is 3.24. The third-order valence-corrected chi connectivity index (χ3v) is 3.30. The molecule has 0 heterocycles. The lowest BCUT2D eigenvalue weighted by molar-refractivity contribution is -0.385. The molecule has 0 aliphatic carbocycles. The zero-order valence-corrected chi connectivity index (χ0v) is 12.0. The molecule has 6 nitrogen and oxygen atoms in total. The number of ether oxygens (including phenoxy) is 1.